The molecule has 6 nitrogen and oxygen atoms in total. The Morgan fingerprint density at radius 3 is 2.69 bits per heavy atom. The van der Waals surface area contributed by atoms with E-state index in [0.29, 0.717) is 23.1 Å². The van der Waals surface area contributed by atoms with E-state index in [2.05, 4.69) is 22.0 Å². The van der Waals surface area contributed by atoms with Crippen LogP contribution in [-0.4, -0.2) is 35.6 Å². The van der Waals surface area contributed by atoms with Crippen LogP contribution in [0.15, 0.2) is 59.4 Å². The maximum Gasteiger partial charge on any atom is 0.268 e. The zero-order valence-corrected chi connectivity index (χ0v) is 18.9. The molecule has 0 radical (unpaired) electrons. The first-order valence-electron chi connectivity index (χ1n) is 10.7. The first-order chi connectivity index (χ1) is 15.6. The zero-order valence-electron chi connectivity index (χ0n) is 18.1. The molecule has 3 heterocycles. The van der Waals surface area contributed by atoms with E-state index in [-0.39, 0.29) is 5.56 Å². The highest BCUT2D eigenvalue weighted by molar-refractivity contribution is 7.22. The molecule has 5 rings (SSSR count). The van der Waals surface area contributed by atoms with Crippen LogP contribution in [0.2, 0.25) is 0 Å². The number of nitrogens with one attached hydrogen (secondary N) is 1. The molecule has 0 aliphatic carbocycles. The first kappa shape index (κ1) is 20.7. The van der Waals surface area contributed by atoms with E-state index in [4.69, 9.17) is 14.5 Å². The van der Waals surface area contributed by atoms with Gasteiger partial charge < -0.3 is 14.5 Å². The van der Waals surface area contributed by atoms with Gasteiger partial charge in [0.2, 0.25) is 0 Å². The zero-order chi connectivity index (χ0) is 22.1. The summed E-state index contributed by atoms with van der Waals surface area (Å²) in [5, 5.41) is 0. The lowest BCUT2D eigenvalue weighted by Crippen LogP contribution is -2.25. The van der Waals surface area contributed by atoms with Crippen molar-refractivity contribution in [1.29, 1.82) is 0 Å². The van der Waals surface area contributed by atoms with Gasteiger partial charge in [0.1, 0.15) is 22.0 Å². The van der Waals surface area contributed by atoms with E-state index >= 15 is 0 Å². The highest BCUT2D eigenvalue weighted by atomic mass is 32.1. The molecule has 0 spiro atoms. The lowest BCUT2D eigenvalue weighted by Gasteiger charge is -2.24. The van der Waals surface area contributed by atoms with Crippen molar-refractivity contribution in [3.05, 3.63) is 76.3 Å². The molecule has 2 aromatic carbocycles. The molecule has 7 heteroatoms. The van der Waals surface area contributed by atoms with Crippen molar-refractivity contribution >= 4 is 21.6 Å². The third kappa shape index (κ3) is 4.01. The standard InChI is InChI=1S/C25H25N3O3S/c1-30-18-10-8-16(9-11-18)22-14-20-24(32-22)25(29)27-23(26-20)15-28-12-4-7-21(28)17-5-3-6-19(13-17)31-2/h3,5-6,8-11,13-14,21H,4,7,12,15H2,1-2H3,(H,26,27,29)/t21-/m1/s1. The molecule has 0 saturated carbocycles. The Kier molecular flexibility index (Phi) is 5.68. The number of aromatic amines is 1. The van der Waals surface area contributed by atoms with Crippen LogP contribution in [0, 0.1) is 0 Å². The lowest BCUT2D eigenvalue weighted by molar-refractivity contribution is 0.242. The summed E-state index contributed by atoms with van der Waals surface area (Å²) >= 11 is 1.47. The number of ether oxygens (including phenoxy) is 2. The molecule has 1 fully saturated rings. The molecular formula is C25H25N3O3S. The Morgan fingerprint density at radius 1 is 1.09 bits per heavy atom. The largest absolute Gasteiger partial charge is 0.497 e. The second kappa shape index (κ2) is 8.76. The number of likely N-dealkylation sites (tertiary alicyclic amines) is 1. The van der Waals surface area contributed by atoms with Crippen molar-refractivity contribution in [1.82, 2.24) is 14.9 Å². The summed E-state index contributed by atoms with van der Waals surface area (Å²) in [6, 6.07) is 18.4. The van der Waals surface area contributed by atoms with Crippen LogP contribution in [0.1, 0.15) is 30.3 Å². The van der Waals surface area contributed by atoms with Crippen LogP contribution in [0.4, 0.5) is 0 Å². The highest BCUT2D eigenvalue weighted by Crippen LogP contribution is 2.35. The van der Waals surface area contributed by atoms with Gasteiger partial charge in [-0.2, -0.15) is 0 Å². The van der Waals surface area contributed by atoms with Crippen LogP contribution < -0.4 is 15.0 Å². The second-order valence-corrected chi connectivity index (χ2v) is 9.02. The maximum absolute atomic E-state index is 12.8. The quantitative estimate of drug-likeness (QED) is 0.450. The van der Waals surface area contributed by atoms with Gasteiger partial charge in [-0.25, -0.2) is 4.98 Å². The van der Waals surface area contributed by atoms with E-state index in [9.17, 15) is 4.79 Å². The van der Waals surface area contributed by atoms with E-state index in [1.165, 1.54) is 16.9 Å². The number of H-pyrrole nitrogens is 1. The first-order valence-corrected chi connectivity index (χ1v) is 11.5. The number of hydrogen-bond acceptors (Lipinski definition) is 6. The molecule has 0 bridgehead atoms. The molecule has 1 saturated heterocycles. The Morgan fingerprint density at radius 2 is 1.91 bits per heavy atom. The topological polar surface area (TPSA) is 67.5 Å². The van der Waals surface area contributed by atoms with E-state index in [1.807, 2.05) is 42.5 Å². The van der Waals surface area contributed by atoms with Gasteiger partial charge in [0.05, 0.1) is 26.3 Å². The summed E-state index contributed by atoms with van der Waals surface area (Å²) in [4.78, 5) is 24.0. The monoisotopic (exact) mass is 447 g/mol. The van der Waals surface area contributed by atoms with Gasteiger partial charge in [-0.15, -0.1) is 11.3 Å². The SMILES string of the molecule is COc1ccc(-c2cc3nc(CN4CCC[C@@H]4c4cccc(OC)c4)[nH]c(=O)c3s2)cc1. The van der Waals surface area contributed by atoms with Gasteiger partial charge in [0.15, 0.2) is 0 Å². The number of aromatic nitrogens is 2. The smallest absolute Gasteiger partial charge is 0.268 e. The molecule has 1 aliphatic rings. The fourth-order valence-electron chi connectivity index (χ4n) is 4.39. The number of thiophene rings is 1. The molecule has 1 atom stereocenters. The van der Waals surface area contributed by atoms with Crippen molar-refractivity contribution in [2.45, 2.75) is 25.4 Å². The van der Waals surface area contributed by atoms with Crippen molar-refractivity contribution in [2.24, 2.45) is 0 Å². The summed E-state index contributed by atoms with van der Waals surface area (Å²) in [6.45, 7) is 1.59. The Hall–Kier alpha value is -3.16. The maximum atomic E-state index is 12.8. The van der Waals surface area contributed by atoms with Crippen molar-refractivity contribution in [3.63, 3.8) is 0 Å². The average Bonchev–Trinajstić information content (AvgIpc) is 3.47. The molecule has 1 aliphatic heterocycles. The molecule has 32 heavy (non-hydrogen) atoms. The van der Waals surface area contributed by atoms with Gasteiger partial charge in [-0.1, -0.05) is 12.1 Å². The minimum absolute atomic E-state index is 0.0770. The van der Waals surface area contributed by atoms with Crippen LogP contribution in [0.25, 0.3) is 20.7 Å². The van der Waals surface area contributed by atoms with Gasteiger partial charge in [-0.3, -0.25) is 9.69 Å². The minimum Gasteiger partial charge on any atom is -0.497 e. The Labute approximate surface area is 190 Å². The number of fused-ring (bicyclic) bond motifs is 1. The van der Waals surface area contributed by atoms with E-state index in [1.54, 1.807) is 14.2 Å². The predicted octanol–water partition coefficient (Wildman–Crippen LogP) is 5.01. The van der Waals surface area contributed by atoms with Gasteiger partial charge >= 0.3 is 0 Å². The number of nitrogens with zero attached hydrogens (tertiary/aromatic N) is 2. The van der Waals surface area contributed by atoms with Crippen molar-refractivity contribution < 1.29 is 9.47 Å². The highest BCUT2D eigenvalue weighted by Gasteiger charge is 2.27. The lowest BCUT2D eigenvalue weighted by atomic mass is 10.0. The van der Waals surface area contributed by atoms with Crippen LogP contribution >= 0.6 is 11.3 Å². The minimum atomic E-state index is -0.0770. The van der Waals surface area contributed by atoms with Gasteiger partial charge in [0.25, 0.3) is 5.56 Å². The fourth-order valence-corrected chi connectivity index (χ4v) is 5.39. The van der Waals surface area contributed by atoms with Crippen LogP contribution in [-0.2, 0) is 6.54 Å². The van der Waals surface area contributed by atoms with Gasteiger partial charge in [-0.05, 0) is 73.0 Å². The average molecular weight is 448 g/mol. The summed E-state index contributed by atoms with van der Waals surface area (Å²) < 4.78 is 11.3. The normalized spacial score (nSPS) is 16.5. The van der Waals surface area contributed by atoms with Crippen molar-refractivity contribution in [2.75, 3.05) is 20.8 Å². The molecule has 164 valence electrons. The predicted molar refractivity (Wildman–Crippen MR) is 128 cm³/mol. The molecule has 0 amide bonds. The number of hydrogen-bond donors (Lipinski definition) is 1. The summed E-state index contributed by atoms with van der Waals surface area (Å²) in [5.74, 6) is 2.38. The van der Waals surface area contributed by atoms with E-state index < -0.39 is 0 Å². The van der Waals surface area contributed by atoms with E-state index in [0.717, 1.165) is 46.8 Å². The number of methoxy groups -OCH3 is 2. The van der Waals surface area contributed by atoms with Gasteiger partial charge in [0, 0.05) is 10.9 Å². The summed E-state index contributed by atoms with van der Waals surface area (Å²) in [5.41, 5.74) is 2.96. The third-order valence-electron chi connectivity index (χ3n) is 6.00. The molecular weight excluding hydrogens is 422 g/mol. The molecule has 4 aromatic rings. The summed E-state index contributed by atoms with van der Waals surface area (Å²) in [6.07, 6.45) is 2.20. The number of rotatable bonds is 6. The van der Waals surface area contributed by atoms with Crippen LogP contribution in [0.5, 0.6) is 11.5 Å². The third-order valence-corrected chi connectivity index (χ3v) is 7.17. The van der Waals surface area contributed by atoms with Crippen LogP contribution in [0.3, 0.4) is 0 Å². The summed E-state index contributed by atoms with van der Waals surface area (Å²) in [7, 11) is 3.34. The number of benzene rings is 2. The fraction of sp³-hybridized carbons (Fsp3) is 0.280. The second-order valence-electron chi connectivity index (χ2n) is 7.97. The van der Waals surface area contributed by atoms with Crippen molar-refractivity contribution in [3.8, 4) is 21.9 Å². The molecule has 2 aromatic heterocycles. The Bertz CT molecular complexity index is 1300. The Balaban J connectivity index is 1.42. The molecule has 1 N–H and O–H groups in total. The molecule has 0 unspecified atom stereocenters.